The molecular weight excluding hydrogens is 246 g/mol. The molecule has 0 heterocycles. The van der Waals surface area contributed by atoms with E-state index in [1.807, 2.05) is 13.0 Å². The molecule has 0 saturated carbocycles. The number of hydrogen-bond acceptors (Lipinski definition) is 0. The van der Waals surface area contributed by atoms with E-state index in [0.717, 1.165) is 5.56 Å². The van der Waals surface area contributed by atoms with Gasteiger partial charge in [-0.05, 0) is 36.8 Å². The van der Waals surface area contributed by atoms with E-state index in [9.17, 15) is 4.39 Å². The minimum Gasteiger partial charge on any atom is -0.206 e. The molecule has 82 valence electrons. The lowest BCUT2D eigenvalue weighted by Crippen LogP contribution is -1.89. The minimum absolute atomic E-state index is 0.288. The maximum absolute atomic E-state index is 13.7. The summed E-state index contributed by atoms with van der Waals surface area (Å²) in [5, 5.41) is 1.04. The topological polar surface area (TPSA) is 0 Å². The molecule has 0 nitrogen and oxygen atoms in total. The average Bonchev–Trinajstić information content (AvgIpc) is 2.23. The van der Waals surface area contributed by atoms with Gasteiger partial charge in [-0.2, -0.15) is 0 Å². The number of rotatable bonds is 1. The fourth-order valence-corrected chi connectivity index (χ4v) is 2.05. The normalized spacial score (nSPS) is 10.5. The van der Waals surface area contributed by atoms with Crippen molar-refractivity contribution in [2.45, 2.75) is 6.92 Å². The molecular formula is C13H9Cl2F. The Bertz CT molecular complexity index is 515. The first-order valence-electron chi connectivity index (χ1n) is 4.80. The highest BCUT2D eigenvalue weighted by molar-refractivity contribution is 6.35. The lowest BCUT2D eigenvalue weighted by molar-refractivity contribution is 0.630. The van der Waals surface area contributed by atoms with E-state index >= 15 is 0 Å². The number of hydrogen-bond donors (Lipinski definition) is 0. The molecule has 0 radical (unpaired) electrons. The van der Waals surface area contributed by atoms with E-state index in [1.165, 1.54) is 6.07 Å². The smallest absolute Gasteiger partial charge is 0.131 e. The van der Waals surface area contributed by atoms with Crippen LogP contribution in [0.4, 0.5) is 4.39 Å². The van der Waals surface area contributed by atoms with E-state index in [4.69, 9.17) is 23.2 Å². The molecule has 0 aliphatic rings. The van der Waals surface area contributed by atoms with Gasteiger partial charge in [-0.15, -0.1) is 0 Å². The van der Waals surface area contributed by atoms with Crippen molar-refractivity contribution in [2.75, 3.05) is 0 Å². The van der Waals surface area contributed by atoms with Crippen LogP contribution in [0.25, 0.3) is 11.1 Å². The fraction of sp³-hybridized carbons (Fsp3) is 0.0769. The summed E-state index contributed by atoms with van der Waals surface area (Å²) >= 11 is 11.9. The van der Waals surface area contributed by atoms with Crippen LogP contribution in [0.2, 0.25) is 10.0 Å². The van der Waals surface area contributed by atoms with E-state index in [2.05, 4.69) is 0 Å². The highest BCUT2D eigenvalue weighted by Gasteiger charge is 2.11. The largest absolute Gasteiger partial charge is 0.206 e. The molecule has 2 aromatic rings. The second-order valence-corrected chi connectivity index (χ2v) is 4.40. The molecule has 16 heavy (non-hydrogen) atoms. The predicted molar refractivity (Wildman–Crippen MR) is 66.6 cm³/mol. The molecule has 0 aliphatic carbocycles. The Morgan fingerprint density at radius 1 is 1.06 bits per heavy atom. The maximum Gasteiger partial charge on any atom is 0.131 e. The molecule has 0 unspecified atom stereocenters. The summed E-state index contributed by atoms with van der Waals surface area (Å²) in [6.07, 6.45) is 0. The second kappa shape index (κ2) is 4.44. The van der Waals surface area contributed by atoms with Gasteiger partial charge in [-0.3, -0.25) is 0 Å². The maximum atomic E-state index is 13.7. The third kappa shape index (κ3) is 2.06. The third-order valence-electron chi connectivity index (χ3n) is 2.42. The summed E-state index contributed by atoms with van der Waals surface area (Å²) < 4.78 is 13.7. The fourth-order valence-electron chi connectivity index (χ4n) is 1.66. The molecule has 0 aliphatic heterocycles. The van der Waals surface area contributed by atoms with Crippen LogP contribution < -0.4 is 0 Å². The van der Waals surface area contributed by atoms with Crippen LogP contribution in [0.3, 0.4) is 0 Å². The molecule has 0 bridgehead atoms. The summed E-state index contributed by atoms with van der Waals surface area (Å²) in [5.41, 5.74) is 1.98. The van der Waals surface area contributed by atoms with Gasteiger partial charge in [0.25, 0.3) is 0 Å². The van der Waals surface area contributed by atoms with Crippen LogP contribution in [-0.4, -0.2) is 0 Å². The van der Waals surface area contributed by atoms with Gasteiger partial charge in [0.1, 0.15) is 5.82 Å². The van der Waals surface area contributed by atoms with Crippen molar-refractivity contribution in [1.29, 1.82) is 0 Å². The Morgan fingerprint density at radius 2 is 1.81 bits per heavy atom. The Balaban J connectivity index is 2.72. The van der Waals surface area contributed by atoms with Crippen molar-refractivity contribution in [3.63, 3.8) is 0 Å². The number of halogens is 3. The zero-order valence-corrected chi connectivity index (χ0v) is 10.1. The van der Waals surface area contributed by atoms with Crippen molar-refractivity contribution >= 4 is 23.2 Å². The molecule has 0 aromatic heterocycles. The summed E-state index contributed by atoms with van der Waals surface area (Å²) in [5.74, 6) is -0.288. The second-order valence-electron chi connectivity index (χ2n) is 3.56. The number of aryl methyl sites for hydroxylation is 1. The van der Waals surface area contributed by atoms with Crippen LogP contribution in [0, 0.1) is 12.7 Å². The lowest BCUT2D eigenvalue weighted by atomic mass is 10.00. The molecule has 2 rings (SSSR count). The van der Waals surface area contributed by atoms with Crippen molar-refractivity contribution in [3.05, 3.63) is 57.8 Å². The Hall–Kier alpha value is -1.05. The lowest BCUT2D eigenvalue weighted by Gasteiger charge is -2.09. The van der Waals surface area contributed by atoms with Crippen molar-refractivity contribution in [3.8, 4) is 11.1 Å². The molecule has 0 atom stereocenters. The van der Waals surface area contributed by atoms with Gasteiger partial charge in [-0.1, -0.05) is 35.3 Å². The van der Waals surface area contributed by atoms with Gasteiger partial charge in [-0.25, -0.2) is 4.39 Å². The van der Waals surface area contributed by atoms with Crippen LogP contribution >= 0.6 is 23.2 Å². The van der Waals surface area contributed by atoms with Gasteiger partial charge >= 0.3 is 0 Å². The molecule has 0 fully saturated rings. The van der Waals surface area contributed by atoms with E-state index in [-0.39, 0.29) is 5.82 Å². The highest BCUT2D eigenvalue weighted by atomic mass is 35.5. The van der Waals surface area contributed by atoms with Crippen molar-refractivity contribution < 1.29 is 4.39 Å². The van der Waals surface area contributed by atoms with Crippen LogP contribution in [0.1, 0.15) is 5.56 Å². The van der Waals surface area contributed by atoms with Gasteiger partial charge in [0.15, 0.2) is 0 Å². The molecule has 0 saturated heterocycles. The zero-order valence-electron chi connectivity index (χ0n) is 8.60. The summed E-state index contributed by atoms with van der Waals surface area (Å²) in [6, 6.07) is 9.96. The highest BCUT2D eigenvalue weighted by Crippen LogP contribution is 2.34. The summed E-state index contributed by atoms with van der Waals surface area (Å²) in [6.45, 7) is 1.84. The van der Waals surface area contributed by atoms with Crippen LogP contribution in [-0.2, 0) is 0 Å². The zero-order chi connectivity index (χ0) is 11.7. The van der Waals surface area contributed by atoms with E-state index in [0.29, 0.717) is 21.2 Å². The van der Waals surface area contributed by atoms with Crippen LogP contribution in [0.15, 0.2) is 36.4 Å². The van der Waals surface area contributed by atoms with Gasteiger partial charge in [0.2, 0.25) is 0 Å². The molecule has 0 amide bonds. The first-order chi connectivity index (χ1) is 7.59. The van der Waals surface area contributed by atoms with E-state index in [1.54, 1.807) is 24.3 Å². The molecule has 0 N–H and O–H groups in total. The molecule has 3 heteroatoms. The van der Waals surface area contributed by atoms with Gasteiger partial charge in [0.05, 0.1) is 0 Å². The van der Waals surface area contributed by atoms with Crippen molar-refractivity contribution in [2.24, 2.45) is 0 Å². The average molecular weight is 255 g/mol. The Morgan fingerprint density at radius 3 is 2.50 bits per heavy atom. The Kier molecular flexibility index (Phi) is 3.17. The first-order valence-corrected chi connectivity index (χ1v) is 5.55. The van der Waals surface area contributed by atoms with Gasteiger partial charge in [0, 0.05) is 21.2 Å². The first kappa shape index (κ1) is 11.4. The quantitative estimate of drug-likeness (QED) is 0.664. The van der Waals surface area contributed by atoms with Crippen molar-refractivity contribution in [1.82, 2.24) is 0 Å². The van der Waals surface area contributed by atoms with Gasteiger partial charge < -0.3 is 0 Å². The van der Waals surface area contributed by atoms with Crippen LogP contribution in [0.5, 0.6) is 0 Å². The Labute approximate surface area is 104 Å². The third-order valence-corrected chi connectivity index (χ3v) is 2.98. The summed E-state index contributed by atoms with van der Waals surface area (Å²) in [7, 11) is 0. The predicted octanol–water partition coefficient (Wildman–Crippen LogP) is 5.11. The molecule has 2 aromatic carbocycles. The molecule has 0 spiro atoms. The van der Waals surface area contributed by atoms with E-state index < -0.39 is 0 Å². The SMILES string of the molecule is Cc1cccc(F)c1-c1cc(Cl)ccc1Cl. The monoisotopic (exact) mass is 254 g/mol. The number of benzene rings is 2. The standard InChI is InChI=1S/C13H9Cl2F/c1-8-3-2-4-12(16)13(8)10-7-9(14)5-6-11(10)15/h2-7H,1H3. The summed E-state index contributed by atoms with van der Waals surface area (Å²) in [4.78, 5) is 0. The minimum atomic E-state index is -0.288.